The highest BCUT2D eigenvalue weighted by Crippen LogP contribution is 2.29. The van der Waals surface area contributed by atoms with Crippen LogP contribution >= 0.6 is 0 Å². The van der Waals surface area contributed by atoms with Gasteiger partial charge in [0.25, 0.3) is 0 Å². The van der Waals surface area contributed by atoms with Crippen molar-refractivity contribution in [1.29, 1.82) is 0 Å². The molecule has 0 radical (unpaired) electrons. The maximum atomic E-state index is 13.4. The minimum absolute atomic E-state index is 0.0733. The summed E-state index contributed by atoms with van der Waals surface area (Å²) in [7, 11) is -0.553. The molecule has 0 aliphatic rings. The van der Waals surface area contributed by atoms with E-state index >= 15 is 0 Å². The topological polar surface area (TPSA) is 105 Å². The Bertz CT molecular complexity index is 1120. The van der Waals surface area contributed by atoms with Gasteiger partial charge in [0.1, 0.15) is 17.5 Å². The summed E-state index contributed by atoms with van der Waals surface area (Å²) in [6.45, 7) is 4.64. The van der Waals surface area contributed by atoms with Gasteiger partial charge in [-0.05, 0) is 49.6 Å². The Morgan fingerprint density at radius 3 is 2.27 bits per heavy atom. The molecule has 1 atom stereocenters. The van der Waals surface area contributed by atoms with E-state index in [4.69, 9.17) is 9.47 Å². The molecule has 0 saturated carbocycles. The van der Waals surface area contributed by atoms with Crippen molar-refractivity contribution in [3.05, 3.63) is 54.1 Å². The fourth-order valence-electron chi connectivity index (χ4n) is 3.86. The molecule has 2 aromatic carbocycles. The first kappa shape index (κ1) is 30.0. The van der Waals surface area contributed by atoms with Crippen LogP contribution in [0.3, 0.4) is 0 Å². The van der Waals surface area contributed by atoms with Crippen LogP contribution < -0.4 is 19.1 Å². The third-order valence-corrected chi connectivity index (χ3v) is 7.19. The van der Waals surface area contributed by atoms with E-state index in [1.165, 1.54) is 16.3 Å². The van der Waals surface area contributed by atoms with Crippen LogP contribution in [-0.2, 0) is 26.2 Å². The lowest BCUT2D eigenvalue weighted by Crippen LogP contribution is -2.48. The number of anilines is 1. The summed E-state index contributed by atoms with van der Waals surface area (Å²) in [6.07, 6.45) is 3.28. The number of rotatable bonds is 15. The SMILES string of the molecule is CCCCNC(=O)[C@H](C)N(Cc1ccc(OC)cc1)C(=O)CCCN(c1ccccc1OC)S(C)(=O)=O. The number of unbranched alkanes of at least 4 members (excludes halogenated alkanes) is 1. The lowest BCUT2D eigenvalue weighted by Gasteiger charge is -2.29. The number of methoxy groups -OCH3 is 2. The Morgan fingerprint density at radius 1 is 1.00 bits per heavy atom. The van der Waals surface area contributed by atoms with Gasteiger partial charge in [-0.25, -0.2) is 8.42 Å². The Labute approximate surface area is 220 Å². The normalized spacial score (nSPS) is 11.9. The Kier molecular flexibility index (Phi) is 11.7. The second-order valence-electron chi connectivity index (χ2n) is 8.80. The molecule has 0 saturated heterocycles. The minimum atomic E-state index is -3.61. The number of para-hydroxylation sites is 2. The molecule has 1 N–H and O–H groups in total. The van der Waals surface area contributed by atoms with Gasteiger partial charge in [-0.2, -0.15) is 0 Å². The van der Waals surface area contributed by atoms with Crippen molar-refractivity contribution in [1.82, 2.24) is 10.2 Å². The number of ether oxygens (including phenoxy) is 2. The molecule has 2 rings (SSSR count). The van der Waals surface area contributed by atoms with Gasteiger partial charge in [0.15, 0.2) is 0 Å². The quantitative estimate of drug-likeness (QED) is 0.351. The summed E-state index contributed by atoms with van der Waals surface area (Å²) in [4.78, 5) is 27.7. The summed E-state index contributed by atoms with van der Waals surface area (Å²) in [5, 5.41) is 2.90. The van der Waals surface area contributed by atoms with Crippen LogP contribution in [0.1, 0.15) is 45.1 Å². The maximum Gasteiger partial charge on any atom is 0.242 e. The van der Waals surface area contributed by atoms with Gasteiger partial charge in [-0.3, -0.25) is 13.9 Å². The van der Waals surface area contributed by atoms with Crippen LogP contribution in [0.15, 0.2) is 48.5 Å². The second kappa shape index (κ2) is 14.5. The van der Waals surface area contributed by atoms with Crippen LogP contribution in [0.5, 0.6) is 11.5 Å². The van der Waals surface area contributed by atoms with Gasteiger partial charge in [-0.1, -0.05) is 37.6 Å². The van der Waals surface area contributed by atoms with Gasteiger partial charge < -0.3 is 19.7 Å². The fraction of sp³-hybridized carbons (Fsp3) is 0.481. The van der Waals surface area contributed by atoms with Crippen LogP contribution in [0.25, 0.3) is 0 Å². The third kappa shape index (κ3) is 8.96. The molecule has 0 aromatic heterocycles. The molecule has 2 amide bonds. The standard InChI is InChI=1S/C27H39N3O6S/c1-6-7-18-28-27(32)21(2)29(20-22-14-16-23(35-3)17-15-22)26(31)13-10-19-30(37(5,33)34)24-11-8-9-12-25(24)36-4/h8-9,11-12,14-17,21H,6-7,10,13,18-20H2,1-5H3,(H,28,32)/t21-/m0/s1. The lowest BCUT2D eigenvalue weighted by atomic mass is 10.1. The predicted molar refractivity (Wildman–Crippen MR) is 145 cm³/mol. The summed E-state index contributed by atoms with van der Waals surface area (Å²) >= 11 is 0. The molecule has 37 heavy (non-hydrogen) atoms. The summed E-state index contributed by atoms with van der Waals surface area (Å²) in [5.74, 6) is 0.673. The first-order valence-electron chi connectivity index (χ1n) is 12.4. The van der Waals surface area contributed by atoms with Crippen molar-refractivity contribution >= 4 is 27.5 Å². The molecular weight excluding hydrogens is 494 g/mol. The van der Waals surface area contributed by atoms with Gasteiger partial charge >= 0.3 is 0 Å². The molecule has 2 aromatic rings. The smallest absolute Gasteiger partial charge is 0.242 e. The van der Waals surface area contributed by atoms with Crippen molar-refractivity contribution in [3.8, 4) is 11.5 Å². The van der Waals surface area contributed by atoms with E-state index in [0.717, 1.165) is 24.7 Å². The first-order chi connectivity index (χ1) is 17.6. The van der Waals surface area contributed by atoms with Gasteiger partial charge in [0.2, 0.25) is 21.8 Å². The zero-order valence-corrected chi connectivity index (χ0v) is 23.2. The first-order valence-corrected chi connectivity index (χ1v) is 14.3. The van der Waals surface area contributed by atoms with Gasteiger partial charge in [0, 0.05) is 26.1 Å². The lowest BCUT2D eigenvalue weighted by molar-refractivity contribution is -0.140. The molecule has 0 bridgehead atoms. The maximum absolute atomic E-state index is 13.4. The van der Waals surface area contributed by atoms with Crippen LogP contribution in [-0.4, -0.2) is 64.7 Å². The number of carbonyl (C=O) groups is 2. The van der Waals surface area contributed by atoms with E-state index < -0.39 is 16.1 Å². The minimum Gasteiger partial charge on any atom is -0.497 e. The second-order valence-corrected chi connectivity index (χ2v) is 10.7. The zero-order chi connectivity index (χ0) is 27.4. The van der Waals surface area contributed by atoms with Gasteiger partial charge in [0.05, 0.1) is 26.2 Å². The average molecular weight is 534 g/mol. The molecule has 0 spiro atoms. The number of carbonyl (C=O) groups excluding carboxylic acids is 2. The molecule has 0 heterocycles. The molecule has 10 heteroatoms. The number of hydrogen-bond acceptors (Lipinski definition) is 6. The van der Waals surface area contributed by atoms with E-state index in [-0.39, 0.29) is 37.7 Å². The third-order valence-electron chi connectivity index (χ3n) is 6.01. The number of amides is 2. The monoisotopic (exact) mass is 533 g/mol. The number of sulfonamides is 1. The predicted octanol–water partition coefficient (Wildman–Crippen LogP) is 3.58. The number of nitrogens with one attached hydrogen (secondary N) is 1. The molecule has 9 nitrogen and oxygen atoms in total. The highest BCUT2D eigenvalue weighted by molar-refractivity contribution is 7.92. The van der Waals surface area contributed by atoms with Crippen molar-refractivity contribution in [2.75, 3.05) is 37.9 Å². The van der Waals surface area contributed by atoms with E-state index in [1.54, 1.807) is 50.4 Å². The molecular formula is C27H39N3O6S. The summed E-state index contributed by atoms with van der Waals surface area (Å²) in [6, 6.07) is 13.5. The van der Waals surface area contributed by atoms with Crippen LogP contribution in [0, 0.1) is 0 Å². The molecule has 204 valence electrons. The summed E-state index contributed by atoms with van der Waals surface area (Å²) in [5.41, 5.74) is 1.27. The average Bonchev–Trinajstić information content (AvgIpc) is 2.89. The van der Waals surface area contributed by atoms with Crippen molar-refractivity contribution < 1.29 is 27.5 Å². The highest BCUT2D eigenvalue weighted by atomic mass is 32.2. The fourth-order valence-corrected chi connectivity index (χ4v) is 4.83. The number of nitrogens with zero attached hydrogens (tertiary/aromatic N) is 2. The van der Waals surface area contributed by atoms with Crippen molar-refractivity contribution in [2.45, 2.75) is 52.1 Å². The highest BCUT2D eigenvalue weighted by Gasteiger charge is 2.27. The van der Waals surface area contributed by atoms with Crippen molar-refractivity contribution in [2.24, 2.45) is 0 Å². The Morgan fingerprint density at radius 2 is 1.68 bits per heavy atom. The van der Waals surface area contributed by atoms with Gasteiger partial charge in [-0.15, -0.1) is 0 Å². The number of benzene rings is 2. The van der Waals surface area contributed by atoms with Crippen LogP contribution in [0.2, 0.25) is 0 Å². The van der Waals surface area contributed by atoms with E-state index in [9.17, 15) is 18.0 Å². The Balaban J connectivity index is 2.18. The van der Waals surface area contributed by atoms with E-state index in [1.807, 2.05) is 19.1 Å². The number of hydrogen-bond donors (Lipinski definition) is 1. The molecule has 0 fully saturated rings. The van der Waals surface area contributed by atoms with Crippen molar-refractivity contribution in [3.63, 3.8) is 0 Å². The van der Waals surface area contributed by atoms with E-state index in [2.05, 4.69) is 5.32 Å². The Hall–Kier alpha value is -3.27. The summed E-state index contributed by atoms with van der Waals surface area (Å²) < 4.78 is 36.9. The molecule has 0 unspecified atom stereocenters. The van der Waals surface area contributed by atoms with Crippen LogP contribution in [0.4, 0.5) is 5.69 Å². The molecule has 0 aliphatic heterocycles. The van der Waals surface area contributed by atoms with E-state index in [0.29, 0.717) is 23.7 Å². The molecule has 0 aliphatic carbocycles. The zero-order valence-electron chi connectivity index (χ0n) is 22.4. The largest absolute Gasteiger partial charge is 0.497 e.